The number of hydrogen-bond acceptors (Lipinski definition) is 4. The largest absolute Gasteiger partial charge is 0.480 e. The second-order valence-electron chi connectivity index (χ2n) is 4.84. The van der Waals surface area contributed by atoms with Gasteiger partial charge in [0.05, 0.1) is 0 Å². The maximum Gasteiger partial charge on any atom is 0.323 e. The van der Waals surface area contributed by atoms with Crippen molar-refractivity contribution in [3.8, 4) is 0 Å². The van der Waals surface area contributed by atoms with Crippen molar-refractivity contribution in [3.05, 3.63) is 17.6 Å². The number of anilines is 1. The highest BCUT2D eigenvalue weighted by Crippen LogP contribution is 2.31. The summed E-state index contributed by atoms with van der Waals surface area (Å²) in [5.74, 6) is 1.26. The van der Waals surface area contributed by atoms with E-state index in [2.05, 4.69) is 9.97 Å². The summed E-state index contributed by atoms with van der Waals surface area (Å²) in [6.07, 6.45) is 3.22. The molecule has 2 rings (SSSR count). The first-order valence-electron chi connectivity index (χ1n) is 6.39. The molecule has 1 fully saturated rings. The van der Waals surface area contributed by atoms with Gasteiger partial charge in [0.2, 0.25) is 0 Å². The van der Waals surface area contributed by atoms with Gasteiger partial charge in [-0.05, 0) is 32.1 Å². The Bertz CT molecular complexity index is 444. The van der Waals surface area contributed by atoms with Crippen molar-refractivity contribution in [3.63, 3.8) is 0 Å². The topological polar surface area (TPSA) is 66.3 Å². The average Bonchev–Trinajstić information content (AvgIpc) is 3.10. The Hall–Kier alpha value is -1.65. The minimum Gasteiger partial charge on any atom is -0.480 e. The summed E-state index contributed by atoms with van der Waals surface area (Å²) in [6, 6.07) is 1.90. The average molecular weight is 249 g/mol. The SMILES string of the molecule is CCc1cc(N(CC(=O)O)CC2CC2)nc(C)n1. The highest BCUT2D eigenvalue weighted by molar-refractivity contribution is 5.73. The number of carboxylic acids is 1. The van der Waals surface area contributed by atoms with Gasteiger partial charge in [-0.15, -0.1) is 0 Å². The van der Waals surface area contributed by atoms with E-state index in [9.17, 15) is 4.79 Å². The third-order valence-corrected chi connectivity index (χ3v) is 3.07. The summed E-state index contributed by atoms with van der Waals surface area (Å²) >= 11 is 0. The van der Waals surface area contributed by atoms with Gasteiger partial charge < -0.3 is 10.0 Å². The number of hydrogen-bond donors (Lipinski definition) is 1. The molecule has 1 aromatic rings. The summed E-state index contributed by atoms with van der Waals surface area (Å²) < 4.78 is 0. The van der Waals surface area contributed by atoms with Crippen LogP contribution >= 0.6 is 0 Å². The molecule has 0 spiro atoms. The van der Waals surface area contributed by atoms with E-state index in [1.165, 1.54) is 12.8 Å². The number of nitrogens with zero attached hydrogens (tertiary/aromatic N) is 3. The van der Waals surface area contributed by atoms with Gasteiger partial charge in [0.1, 0.15) is 18.2 Å². The predicted octanol–water partition coefficient (Wildman–Crippen LogP) is 1.65. The van der Waals surface area contributed by atoms with Gasteiger partial charge in [0.25, 0.3) is 0 Å². The first-order chi connectivity index (χ1) is 8.58. The molecule has 1 aliphatic carbocycles. The van der Waals surface area contributed by atoms with E-state index in [4.69, 9.17) is 5.11 Å². The van der Waals surface area contributed by atoms with E-state index < -0.39 is 5.97 Å². The molecule has 5 heteroatoms. The molecule has 5 nitrogen and oxygen atoms in total. The van der Waals surface area contributed by atoms with E-state index in [1.807, 2.05) is 24.8 Å². The van der Waals surface area contributed by atoms with Gasteiger partial charge in [-0.1, -0.05) is 6.92 Å². The van der Waals surface area contributed by atoms with Crippen molar-refractivity contribution in [1.29, 1.82) is 0 Å². The molecule has 1 N–H and O–H groups in total. The maximum absolute atomic E-state index is 10.9. The molecule has 0 aliphatic heterocycles. The zero-order valence-corrected chi connectivity index (χ0v) is 10.9. The molecule has 0 aromatic carbocycles. The lowest BCUT2D eigenvalue weighted by Gasteiger charge is -2.22. The van der Waals surface area contributed by atoms with Gasteiger partial charge in [-0.2, -0.15) is 0 Å². The maximum atomic E-state index is 10.9. The van der Waals surface area contributed by atoms with Crippen LogP contribution in [0.25, 0.3) is 0 Å². The lowest BCUT2D eigenvalue weighted by atomic mass is 10.3. The van der Waals surface area contributed by atoms with E-state index >= 15 is 0 Å². The summed E-state index contributed by atoms with van der Waals surface area (Å²) in [5, 5.41) is 8.99. The van der Waals surface area contributed by atoms with Crippen LogP contribution in [0.2, 0.25) is 0 Å². The molecular weight excluding hydrogens is 230 g/mol. The van der Waals surface area contributed by atoms with Crippen LogP contribution in [0.15, 0.2) is 6.07 Å². The van der Waals surface area contributed by atoms with Gasteiger partial charge in [0, 0.05) is 18.3 Å². The molecule has 0 saturated heterocycles. The second-order valence-corrected chi connectivity index (χ2v) is 4.84. The first kappa shape index (κ1) is 12.8. The van der Waals surface area contributed by atoms with Crippen LogP contribution in [-0.2, 0) is 11.2 Å². The van der Waals surface area contributed by atoms with Gasteiger partial charge in [0.15, 0.2) is 0 Å². The summed E-state index contributed by atoms with van der Waals surface area (Å²) in [4.78, 5) is 21.5. The van der Waals surface area contributed by atoms with Crippen LogP contribution < -0.4 is 4.90 Å². The molecule has 0 amide bonds. The standard InChI is InChI=1S/C13H19N3O2/c1-3-11-6-12(15-9(2)14-11)16(8-13(17)18)7-10-4-5-10/h6,10H,3-5,7-8H2,1-2H3,(H,17,18). The van der Waals surface area contributed by atoms with Gasteiger partial charge >= 0.3 is 5.97 Å². The lowest BCUT2D eigenvalue weighted by Crippen LogP contribution is -2.32. The Morgan fingerprint density at radius 1 is 1.50 bits per heavy atom. The molecule has 0 radical (unpaired) electrons. The molecule has 0 atom stereocenters. The third-order valence-electron chi connectivity index (χ3n) is 3.07. The molecule has 98 valence electrons. The highest BCUT2D eigenvalue weighted by Gasteiger charge is 2.26. The number of aryl methyl sites for hydroxylation is 2. The monoisotopic (exact) mass is 249 g/mol. The van der Waals surface area contributed by atoms with Crippen molar-refractivity contribution >= 4 is 11.8 Å². The number of aliphatic carboxylic acids is 1. The Morgan fingerprint density at radius 2 is 2.22 bits per heavy atom. The summed E-state index contributed by atoms with van der Waals surface area (Å²) in [7, 11) is 0. The fourth-order valence-corrected chi connectivity index (χ4v) is 1.97. The fourth-order valence-electron chi connectivity index (χ4n) is 1.97. The zero-order valence-electron chi connectivity index (χ0n) is 10.9. The van der Waals surface area contributed by atoms with E-state index in [1.54, 1.807) is 0 Å². The third kappa shape index (κ3) is 3.42. The molecule has 1 saturated carbocycles. The van der Waals surface area contributed by atoms with Crippen LogP contribution in [0, 0.1) is 12.8 Å². The number of rotatable bonds is 6. The number of carboxylic acid groups (broad SMARTS) is 1. The first-order valence-corrected chi connectivity index (χ1v) is 6.39. The Kier molecular flexibility index (Phi) is 3.79. The van der Waals surface area contributed by atoms with Crippen molar-refractivity contribution in [2.75, 3.05) is 18.0 Å². The molecule has 18 heavy (non-hydrogen) atoms. The molecular formula is C13H19N3O2. The van der Waals surface area contributed by atoms with Crippen LogP contribution in [0.4, 0.5) is 5.82 Å². The Labute approximate surface area is 107 Å². The lowest BCUT2D eigenvalue weighted by molar-refractivity contribution is -0.135. The fraction of sp³-hybridized carbons (Fsp3) is 0.615. The van der Waals surface area contributed by atoms with Crippen LogP contribution in [0.1, 0.15) is 31.3 Å². The quantitative estimate of drug-likeness (QED) is 0.830. The normalized spacial score (nSPS) is 14.6. The second kappa shape index (κ2) is 5.33. The smallest absolute Gasteiger partial charge is 0.323 e. The minimum atomic E-state index is -0.815. The summed E-state index contributed by atoms with van der Waals surface area (Å²) in [5.41, 5.74) is 0.962. The molecule has 0 unspecified atom stereocenters. The molecule has 1 aliphatic rings. The minimum absolute atomic E-state index is 0.0100. The van der Waals surface area contributed by atoms with E-state index in [-0.39, 0.29) is 6.54 Å². The zero-order chi connectivity index (χ0) is 13.1. The van der Waals surface area contributed by atoms with Crippen molar-refractivity contribution in [2.24, 2.45) is 5.92 Å². The van der Waals surface area contributed by atoms with E-state index in [0.717, 1.165) is 24.5 Å². The van der Waals surface area contributed by atoms with Crippen LogP contribution in [0.3, 0.4) is 0 Å². The van der Waals surface area contributed by atoms with Crippen molar-refractivity contribution in [1.82, 2.24) is 9.97 Å². The highest BCUT2D eigenvalue weighted by atomic mass is 16.4. The van der Waals surface area contributed by atoms with Crippen molar-refractivity contribution in [2.45, 2.75) is 33.1 Å². The Balaban J connectivity index is 2.21. The van der Waals surface area contributed by atoms with Crippen LogP contribution in [0.5, 0.6) is 0 Å². The summed E-state index contributed by atoms with van der Waals surface area (Å²) in [6.45, 7) is 4.68. The van der Waals surface area contributed by atoms with E-state index in [0.29, 0.717) is 11.7 Å². The molecule has 0 bridgehead atoms. The predicted molar refractivity (Wildman–Crippen MR) is 68.7 cm³/mol. The molecule has 1 heterocycles. The van der Waals surface area contributed by atoms with Gasteiger partial charge in [-0.25, -0.2) is 9.97 Å². The van der Waals surface area contributed by atoms with Crippen LogP contribution in [-0.4, -0.2) is 34.1 Å². The Morgan fingerprint density at radius 3 is 2.78 bits per heavy atom. The van der Waals surface area contributed by atoms with Gasteiger partial charge in [-0.3, -0.25) is 4.79 Å². The molecule has 1 aromatic heterocycles. The number of carbonyl (C=O) groups is 1. The van der Waals surface area contributed by atoms with Crippen molar-refractivity contribution < 1.29 is 9.90 Å². The number of aromatic nitrogens is 2.